The highest BCUT2D eigenvalue weighted by Gasteiger charge is 2.23. The molecule has 24 heavy (non-hydrogen) atoms. The second-order valence-corrected chi connectivity index (χ2v) is 7.39. The van der Waals surface area contributed by atoms with Crippen molar-refractivity contribution in [2.75, 3.05) is 17.7 Å². The quantitative estimate of drug-likeness (QED) is 0.424. The molecule has 1 heterocycles. The van der Waals surface area contributed by atoms with Crippen LogP contribution in [-0.2, 0) is 0 Å². The Labute approximate surface area is 157 Å². The molecule has 1 aliphatic heterocycles. The predicted octanol–water partition coefficient (Wildman–Crippen LogP) is 4.90. The van der Waals surface area contributed by atoms with E-state index in [0.29, 0.717) is 27.9 Å². The van der Waals surface area contributed by atoms with Crippen LogP contribution in [0.4, 0.5) is 5.69 Å². The van der Waals surface area contributed by atoms with E-state index >= 15 is 0 Å². The molecular formula is C17H13BrClN3OS. The first-order valence-electron chi connectivity index (χ1n) is 7.20. The molecule has 0 atom stereocenters. The summed E-state index contributed by atoms with van der Waals surface area (Å²) in [5, 5.41) is 5.58. The van der Waals surface area contributed by atoms with E-state index in [1.807, 2.05) is 24.3 Å². The number of Topliss-reactive ketones (excluding diaryl/α,β-unsaturated/α-hetero) is 1. The Balaban J connectivity index is 1.88. The number of rotatable bonds is 5. The van der Waals surface area contributed by atoms with E-state index in [1.54, 1.807) is 24.3 Å². The van der Waals surface area contributed by atoms with E-state index in [2.05, 4.69) is 31.4 Å². The highest BCUT2D eigenvalue weighted by atomic mass is 79.9. The van der Waals surface area contributed by atoms with E-state index in [0.717, 1.165) is 15.9 Å². The average Bonchev–Trinajstić information content (AvgIpc) is 3.11. The summed E-state index contributed by atoms with van der Waals surface area (Å²) in [4.78, 5) is 17.2. The highest BCUT2D eigenvalue weighted by Crippen LogP contribution is 2.19. The molecule has 0 unspecified atom stereocenters. The van der Waals surface area contributed by atoms with E-state index < -0.39 is 0 Å². The number of hydrazone groups is 1. The standard InChI is InChI=1S/C17H13BrClN3OS/c18-12-3-7-14(8-4-12)21-22-15(17-20-9-10-24-17)16(23)11-1-5-13(19)6-2-11/h1-8,21H,9-10H2/b22-15-. The summed E-state index contributed by atoms with van der Waals surface area (Å²) < 4.78 is 0.977. The van der Waals surface area contributed by atoms with Gasteiger partial charge in [-0.05, 0) is 48.5 Å². The largest absolute Gasteiger partial charge is 0.287 e. The van der Waals surface area contributed by atoms with Gasteiger partial charge in [-0.25, -0.2) is 0 Å². The molecule has 4 nitrogen and oxygen atoms in total. The van der Waals surface area contributed by atoms with Crippen molar-refractivity contribution in [3.05, 3.63) is 63.6 Å². The van der Waals surface area contributed by atoms with Crippen molar-refractivity contribution in [3.8, 4) is 0 Å². The van der Waals surface area contributed by atoms with Gasteiger partial charge in [0.1, 0.15) is 5.04 Å². The number of nitrogens with one attached hydrogen (secondary N) is 1. The molecule has 0 amide bonds. The first kappa shape index (κ1) is 17.2. The Kier molecular flexibility index (Phi) is 5.71. The van der Waals surface area contributed by atoms with Crippen molar-refractivity contribution in [3.63, 3.8) is 0 Å². The Hall–Kier alpha value is -1.63. The maximum atomic E-state index is 12.8. The number of carbonyl (C=O) groups excluding carboxylic acids is 1. The second-order valence-electron chi connectivity index (χ2n) is 4.95. The zero-order valence-electron chi connectivity index (χ0n) is 12.5. The lowest BCUT2D eigenvalue weighted by molar-refractivity contribution is 0.106. The number of thioether (sulfide) groups is 1. The van der Waals surface area contributed by atoms with Crippen molar-refractivity contribution in [1.82, 2.24) is 0 Å². The smallest absolute Gasteiger partial charge is 0.215 e. The minimum absolute atomic E-state index is 0.176. The highest BCUT2D eigenvalue weighted by molar-refractivity contribution is 9.10. The SMILES string of the molecule is O=C(/C(=N/Nc1ccc(Br)cc1)C1=NCCS1)c1ccc(Cl)cc1. The van der Waals surface area contributed by atoms with Crippen molar-refractivity contribution in [2.24, 2.45) is 10.1 Å². The number of nitrogens with zero attached hydrogens (tertiary/aromatic N) is 2. The molecule has 0 bridgehead atoms. The molecule has 7 heteroatoms. The monoisotopic (exact) mass is 421 g/mol. The number of ketones is 1. The van der Waals surface area contributed by atoms with Gasteiger partial charge in [0.25, 0.3) is 0 Å². The maximum absolute atomic E-state index is 12.8. The summed E-state index contributed by atoms with van der Waals surface area (Å²) in [7, 11) is 0. The van der Waals surface area contributed by atoms with Gasteiger partial charge in [0.2, 0.25) is 5.78 Å². The number of anilines is 1. The van der Waals surface area contributed by atoms with Gasteiger partial charge in [-0.1, -0.05) is 27.5 Å². The lowest BCUT2D eigenvalue weighted by Gasteiger charge is -2.07. The van der Waals surface area contributed by atoms with Crippen LogP contribution in [0.25, 0.3) is 0 Å². The first-order chi connectivity index (χ1) is 11.6. The number of aliphatic imine (C=N–C) groups is 1. The molecule has 2 aromatic rings. The lowest BCUT2D eigenvalue weighted by Crippen LogP contribution is -2.23. The van der Waals surface area contributed by atoms with E-state index in [9.17, 15) is 4.79 Å². The second kappa shape index (κ2) is 7.96. The molecule has 3 rings (SSSR count). The molecule has 0 saturated carbocycles. The van der Waals surface area contributed by atoms with Gasteiger partial charge in [0.15, 0.2) is 5.71 Å². The fourth-order valence-corrected chi connectivity index (χ4v) is 3.28. The normalized spacial score (nSPS) is 14.4. The fraction of sp³-hybridized carbons (Fsp3) is 0.118. The number of hydrogen-bond donors (Lipinski definition) is 1. The van der Waals surface area contributed by atoms with Crippen molar-refractivity contribution in [2.45, 2.75) is 0 Å². The third kappa shape index (κ3) is 4.26. The Morgan fingerprint density at radius 1 is 1.17 bits per heavy atom. The molecule has 1 aliphatic rings. The Bertz CT molecular complexity index is 804. The van der Waals surface area contributed by atoms with Gasteiger partial charge in [-0.3, -0.25) is 15.2 Å². The van der Waals surface area contributed by atoms with Gasteiger partial charge < -0.3 is 0 Å². The molecule has 122 valence electrons. The fourth-order valence-electron chi connectivity index (χ4n) is 2.06. The summed E-state index contributed by atoms with van der Waals surface area (Å²) >= 11 is 10.8. The van der Waals surface area contributed by atoms with Gasteiger partial charge >= 0.3 is 0 Å². The van der Waals surface area contributed by atoms with E-state index in [1.165, 1.54) is 11.8 Å². The van der Waals surface area contributed by atoms with Gasteiger partial charge in [-0.15, -0.1) is 11.8 Å². The predicted molar refractivity (Wildman–Crippen MR) is 106 cm³/mol. The number of halogens is 2. The summed E-state index contributed by atoms with van der Waals surface area (Å²) in [6.07, 6.45) is 0. The summed E-state index contributed by atoms with van der Waals surface area (Å²) in [6, 6.07) is 14.3. The van der Waals surface area contributed by atoms with E-state index in [-0.39, 0.29) is 5.78 Å². The van der Waals surface area contributed by atoms with Crippen LogP contribution in [0.1, 0.15) is 10.4 Å². The van der Waals surface area contributed by atoms with Crippen molar-refractivity contribution < 1.29 is 4.79 Å². The van der Waals surface area contributed by atoms with Gasteiger partial charge in [0, 0.05) is 27.4 Å². The third-order valence-corrected chi connectivity index (χ3v) is 5.01. The molecule has 1 N–H and O–H groups in total. The van der Waals surface area contributed by atoms with Crippen LogP contribution < -0.4 is 5.43 Å². The zero-order valence-corrected chi connectivity index (χ0v) is 15.7. The van der Waals surface area contributed by atoms with Crippen LogP contribution in [0.15, 0.2) is 63.1 Å². The first-order valence-corrected chi connectivity index (χ1v) is 9.36. The van der Waals surface area contributed by atoms with Crippen LogP contribution in [0.2, 0.25) is 5.02 Å². The summed E-state index contributed by atoms with van der Waals surface area (Å²) in [5.41, 5.74) is 4.59. The molecule has 0 saturated heterocycles. The molecular weight excluding hydrogens is 410 g/mol. The molecule has 2 aromatic carbocycles. The zero-order chi connectivity index (χ0) is 16.9. The van der Waals surface area contributed by atoms with Crippen molar-refractivity contribution in [1.29, 1.82) is 0 Å². The number of carbonyl (C=O) groups is 1. The Morgan fingerprint density at radius 3 is 2.50 bits per heavy atom. The van der Waals surface area contributed by atoms with Crippen LogP contribution in [0.5, 0.6) is 0 Å². The van der Waals surface area contributed by atoms with Crippen LogP contribution in [-0.4, -0.2) is 28.8 Å². The molecule has 0 aliphatic carbocycles. The van der Waals surface area contributed by atoms with E-state index in [4.69, 9.17) is 11.6 Å². The Morgan fingerprint density at radius 2 is 1.88 bits per heavy atom. The molecule has 0 radical (unpaired) electrons. The maximum Gasteiger partial charge on any atom is 0.215 e. The molecule has 0 aromatic heterocycles. The van der Waals surface area contributed by atoms with Crippen molar-refractivity contribution >= 4 is 61.5 Å². The van der Waals surface area contributed by atoms with Gasteiger partial charge in [0.05, 0.1) is 5.69 Å². The molecule has 0 spiro atoms. The minimum atomic E-state index is -0.176. The third-order valence-electron chi connectivity index (χ3n) is 3.25. The minimum Gasteiger partial charge on any atom is -0.287 e. The lowest BCUT2D eigenvalue weighted by atomic mass is 10.1. The molecule has 0 fully saturated rings. The topological polar surface area (TPSA) is 53.8 Å². The number of benzene rings is 2. The summed E-state index contributed by atoms with van der Waals surface area (Å²) in [6.45, 7) is 0.700. The summed E-state index contributed by atoms with van der Waals surface area (Å²) in [5.74, 6) is 0.685. The van der Waals surface area contributed by atoms with Crippen LogP contribution in [0.3, 0.4) is 0 Å². The van der Waals surface area contributed by atoms with Crippen LogP contribution in [0, 0.1) is 0 Å². The van der Waals surface area contributed by atoms with Crippen LogP contribution >= 0.6 is 39.3 Å². The van der Waals surface area contributed by atoms with Gasteiger partial charge in [-0.2, -0.15) is 5.10 Å². The number of hydrogen-bond acceptors (Lipinski definition) is 5. The average molecular weight is 423 g/mol.